The zero-order chi connectivity index (χ0) is 12.9. The van der Waals surface area contributed by atoms with Crippen molar-refractivity contribution in [3.05, 3.63) is 0 Å². The molecule has 0 saturated carbocycles. The van der Waals surface area contributed by atoms with Gasteiger partial charge < -0.3 is 10.1 Å². The van der Waals surface area contributed by atoms with E-state index in [2.05, 4.69) is 19.2 Å². The lowest BCUT2D eigenvalue weighted by atomic mass is 10.3. The Morgan fingerprint density at radius 3 is 2.71 bits per heavy atom. The summed E-state index contributed by atoms with van der Waals surface area (Å²) in [4.78, 5) is 0. The first kappa shape index (κ1) is 14.9. The summed E-state index contributed by atoms with van der Waals surface area (Å²) in [5, 5.41) is 3.22. The fourth-order valence-corrected chi connectivity index (χ4v) is 3.46. The summed E-state index contributed by atoms with van der Waals surface area (Å²) in [5.41, 5.74) is 0. The second-order valence-corrected chi connectivity index (χ2v) is 6.87. The maximum Gasteiger partial charge on any atom is 0.214 e. The van der Waals surface area contributed by atoms with Gasteiger partial charge in [-0.05, 0) is 19.4 Å². The van der Waals surface area contributed by atoms with Crippen molar-refractivity contribution in [1.29, 1.82) is 0 Å². The van der Waals surface area contributed by atoms with Crippen LogP contribution in [0, 0.1) is 0 Å². The van der Waals surface area contributed by atoms with Gasteiger partial charge in [-0.2, -0.15) is 4.31 Å². The topological polar surface area (TPSA) is 58.6 Å². The SMILES string of the molecule is COC1CCN(S(=O)(=O)CCCNC(C)C)C1. The standard InChI is InChI=1S/C11H24N2O3S/c1-10(2)12-6-4-8-17(14,15)13-7-5-11(9-13)16-3/h10-12H,4-9H2,1-3H3. The number of nitrogens with zero attached hydrogens (tertiary/aromatic N) is 1. The number of rotatable bonds is 7. The lowest BCUT2D eigenvalue weighted by molar-refractivity contribution is 0.115. The van der Waals surface area contributed by atoms with Gasteiger partial charge in [-0.15, -0.1) is 0 Å². The van der Waals surface area contributed by atoms with E-state index in [1.807, 2.05) is 0 Å². The molecule has 5 nitrogen and oxygen atoms in total. The van der Waals surface area contributed by atoms with Crippen LogP contribution in [0.1, 0.15) is 26.7 Å². The van der Waals surface area contributed by atoms with Crippen molar-refractivity contribution in [2.75, 3.05) is 32.5 Å². The molecule has 1 heterocycles. The van der Waals surface area contributed by atoms with Gasteiger partial charge >= 0.3 is 0 Å². The van der Waals surface area contributed by atoms with Gasteiger partial charge in [0.2, 0.25) is 10.0 Å². The number of hydrogen-bond acceptors (Lipinski definition) is 4. The third kappa shape index (κ3) is 4.91. The summed E-state index contributed by atoms with van der Waals surface area (Å²) in [5.74, 6) is 0.225. The third-order valence-corrected chi connectivity index (χ3v) is 4.89. The van der Waals surface area contributed by atoms with Crippen molar-refractivity contribution in [1.82, 2.24) is 9.62 Å². The molecule has 0 aromatic heterocycles. The van der Waals surface area contributed by atoms with Gasteiger partial charge in [0.15, 0.2) is 0 Å². The van der Waals surface area contributed by atoms with Gasteiger partial charge in [0.25, 0.3) is 0 Å². The van der Waals surface area contributed by atoms with Crippen LogP contribution in [0.25, 0.3) is 0 Å². The number of nitrogens with one attached hydrogen (secondary N) is 1. The molecule has 1 fully saturated rings. The van der Waals surface area contributed by atoms with Crippen LogP contribution in [0.15, 0.2) is 0 Å². The molecule has 1 aliphatic rings. The molecule has 0 radical (unpaired) electrons. The lowest BCUT2D eigenvalue weighted by Crippen LogP contribution is -2.33. The Hall–Kier alpha value is -0.170. The van der Waals surface area contributed by atoms with Gasteiger partial charge in [0, 0.05) is 26.2 Å². The summed E-state index contributed by atoms with van der Waals surface area (Å²) in [6.07, 6.45) is 1.54. The number of sulfonamides is 1. The fraction of sp³-hybridized carbons (Fsp3) is 1.00. The summed E-state index contributed by atoms with van der Waals surface area (Å²) in [6.45, 7) is 5.96. The Bertz CT molecular complexity index is 317. The largest absolute Gasteiger partial charge is 0.380 e. The van der Waals surface area contributed by atoms with E-state index in [-0.39, 0.29) is 11.9 Å². The molecule has 1 aliphatic heterocycles. The Balaban J connectivity index is 2.31. The van der Waals surface area contributed by atoms with Crippen LogP contribution in [0.5, 0.6) is 0 Å². The van der Waals surface area contributed by atoms with E-state index >= 15 is 0 Å². The lowest BCUT2D eigenvalue weighted by Gasteiger charge is -2.16. The van der Waals surface area contributed by atoms with Crippen molar-refractivity contribution in [2.45, 2.75) is 38.8 Å². The minimum absolute atomic E-state index is 0.0681. The first-order valence-electron chi connectivity index (χ1n) is 6.19. The van der Waals surface area contributed by atoms with Gasteiger partial charge in [-0.3, -0.25) is 0 Å². The molecule has 1 unspecified atom stereocenters. The molecule has 17 heavy (non-hydrogen) atoms. The number of methoxy groups -OCH3 is 1. The Morgan fingerprint density at radius 1 is 1.47 bits per heavy atom. The average molecular weight is 264 g/mol. The van der Waals surface area contributed by atoms with E-state index in [0.29, 0.717) is 25.6 Å². The molecule has 1 N–H and O–H groups in total. The second kappa shape index (κ2) is 6.68. The maximum absolute atomic E-state index is 12.0. The van der Waals surface area contributed by atoms with Crippen molar-refractivity contribution in [3.8, 4) is 0 Å². The summed E-state index contributed by atoms with van der Waals surface area (Å²) in [7, 11) is -1.46. The van der Waals surface area contributed by atoms with Crippen molar-refractivity contribution in [2.24, 2.45) is 0 Å². The molecule has 0 spiro atoms. The van der Waals surface area contributed by atoms with Crippen molar-refractivity contribution < 1.29 is 13.2 Å². The average Bonchev–Trinajstić information content (AvgIpc) is 2.73. The van der Waals surface area contributed by atoms with Crippen LogP contribution in [0.2, 0.25) is 0 Å². The second-order valence-electron chi connectivity index (χ2n) is 4.78. The van der Waals surface area contributed by atoms with Crippen molar-refractivity contribution >= 4 is 10.0 Å². The van der Waals surface area contributed by atoms with E-state index < -0.39 is 10.0 Å². The van der Waals surface area contributed by atoms with Crippen LogP contribution in [-0.4, -0.2) is 57.4 Å². The van der Waals surface area contributed by atoms with Gasteiger partial charge in [0.05, 0.1) is 11.9 Å². The zero-order valence-corrected chi connectivity index (χ0v) is 11.8. The minimum atomic E-state index is -3.09. The molecule has 1 saturated heterocycles. The van der Waals surface area contributed by atoms with E-state index in [9.17, 15) is 8.42 Å². The molecule has 6 heteroatoms. The highest BCUT2D eigenvalue weighted by Crippen LogP contribution is 2.16. The van der Waals surface area contributed by atoms with Gasteiger partial charge in [-0.25, -0.2) is 8.42 Å². The Morgan fingerprint density at radius 2 is 2.18 bits per heavy atom. The fourth-order valence-electron chi connectivity index (χ4n) is 1.92. The van der Waals surface area contributed by atoms with Crippen LogP contribution < -0.4 is 5.32 Å². The van der Waals surface area contributed by atoms with Crippen LogP contribution >= 0.6 is 0 Å². The van der Waals surface area contributed by atoms with E-state index in [4.69, 9.17) is 4.74 Å². The van der Waals surface area contributed by atoms with Crippen molar-refractivity contribution in [3.63, 3.8) is 0 Å². The molecule has 0 bridgehead atoms. The Kier molecular flexibility index (Phi) is 5.85. The monoisotopic (exact) mass is 264 g/mol. The highest BCUT2D eigenvalue weighted by Gasteiger charge is 2.30. The number of ether oxygens (including phenoxy) is 1. The maximum atomic E-state index is 12.0. The Labute approximate surface area is 105 Å². The number of hydrogen-bond donors (Lipinski definition) is 1. The van der Waals surface area contributed by atoms with Crippen LogP contribution in [0.4, 0.5) is 0 Å². The molecule has 102 valence electrons. The molecular formula is C11H24N2O3S. The molecular weight excluding hydrogens is 240 g/mol. The highest BCUT2D eigenvalue weighted by atomic mass is 32.2. The normalized spacial score (nSPS) is 22.5. The highest BCUT2D eigenvalue weighted by molar-refractivity contribution is 7.89. The third-order valence-electron chi connectivity index (χ3n) is 2.97. The molecule has 0 aromatic carbocycles. The molecule has 0 aromatic rings. The van der Waals surface area contributed by atoms with E-state index in [1.54, 1.807) is 11.4 Å². The predicted molar refractivity (Wildman–Crippen MR) is 68.5 cm³/mol. The first-order valence-corrected chi connectivity index (χ1v) is 7.80. The minimum Gasteiger partial charge on any atom is -0.380 e. The van der Waals surface area contributed by atoms with Crippen LogP contribution in [0.3, 0.4) is 0 Å². The zero-order valence-electron chi connectivity index (χ0n) is 11.0. The molecule has 1 atom stereocenters. The quantitative estimate of drug-likeness (QED) is 0.677. The summed E-state index contributed by atoms with van der Waals surface area (Å²) < 4.78 is 30.7. The van der Waals surface area contributed by atoms with Gasteiger partial charge in [-0.1, -0.05) is 13.8 Å². The molecule has 0 amide bonds. The van der Waals surface area contributed by atoms with E-state index in [1.165, 1.54) is 0 Å². The predicted octanol–water partition coefficient (Wildman–Crippen LogP) is 0.425. The first-order chi connectivity index (χ1) is 7.95. The molecule has 1 rings (SSSR count). The summed E-state index contributed by atoms with van der Waals surface area (Å²) >= 11 is 0. The van der Waals surface area contributed by atoms with Gasteiger partial charge in [0.1, 0.15) is 0 Å². The summed E-state index contributed by atoms with van der Waals surface area (Å²) in [6, 6.07) is 0.405. The smallest absolute Gasteiger partial charge is 0.214 e. The molecule has 0 aliphatic carbocycles. The van der Waals surface area contributed by atoms with Crippen LogP contribution in [-0.2, 0) is 14.8 Å². The van der Waals surface area contributed by atoms with E-state index in [0.717, 1.165) is 13.0 Å².